The second-order valence-electron chi connectivity index (χ2n) is 8.83. The Kier molecular flexibility index (Phi) is 6.44. The average molecular weight is 498 g/mol. The van der Waals surface area contributed by atoms with Gasteiger partial charge >= 0.3 is 0 Å². The number of carbonyl (C=O) groups excluding carboxylic acids is 1. The van der Waals surface area contributed by atoms with E-state index < -0.39 is 0 Å². The Morgan fingerprint density at radius 1 is 0.806 bits per heavy atom. The maximum atomic E-state index is 13.8. The topological polar surface area (TPSA) is 63.5 Å². The summed E-state index contributed by atoms with van der Waals surface area (Å²) >= 11 is 1.42. The minimum Gasteiger partial charge on any atom is -0.378 e. The molecule has 182 valence electrons. The number of anilines is 3. The molecule has 0 N–H and O–H groups in total. The second kappa shape index (κ2) is 10.2. The highest BCUT2D eigenvalue weighted by atomic mass is 32.2. The molecule has 0 bridgehead atoms. The largest absolute Gasteiger partial charge is 0.378 e. The van der Waals surface area contributed by atoms with Crippen molar-refractivity contribution in [3.8, 4) is 5.69 Å². The molecule has 6 rings (SSSR count). The molecule has 1 aromatic heterocycles. The quantitative estimate of drug-likeness (QED) is 0.374. The molecule has 0 saturated carbocycles. The molecule has 36 heavy (non-hydrogen) atoms. The van der Waals surface area contributed by atoms with Crippen LogP contribution in [0.5, 0.6) is 0 Å². The van der Waals surface area contributed by atoms with Crippen LogP contribution in [0.4, 0.5) is 17.3 Å². The lowest BCUT2D eigenvalue weighted by molar-refractivity contribution is -0.115. The predicted octanol–water partition coefficient (Wildman–Crippen LogP) is 4.66. The van der Waals surface area contributed by atoms with Crippen molar-refractivity contribution < 1.29 is 9.53 Å². The number of nitrogens with zero attached hydrogens (tertiary/aromatic N) is 5. The molecule has 7 nitrogen and oxygen atoms in total. The van der Waals surface area contributed by atoms with Crippen LogP contribution in [0, 0.1) is 0 Å². The highest BCUT2D eigenvalue weighted by Crippen LogP contribution is 2.37. The van der Waals surface area contributed by atoms with Gasteiger partial charge in [-0.15, -0.1) is 10.2 Å². The van der Waals surface area contributed by atoms with Crippen molar-refractivity contribution in [2.24, 2.45) is 0 Å². The average Bonchev–Trinajstić information content (AvgIpc) is 3.29. The van der Waals surface area contributed by atoms with E-state index in [-0.39, 0.29) is 11.7 Å². The molecular formula is C28H27N5O2S. The van der Waals surface area contributed by atoms with E-state index in [2.05, 4.69) is 27.2 Å². The van der Waals surface area contributed by atoms with E-state index in [0.29, 0.717) is 18.4 Å². The first-order valence-corrected chi connectivity index (χ1v) is 13.2. The summed E-state index contributed by atoms with van der Waals surface area (Å²) in [6, 6.07) is 26.5. The number of fused-ring (bicyclic) bond motifs is 2. The molecule has 0 unspecified atom stereocenters. The van der Waals surface area contributed by atoms with Crippen molar-refractivity contribution in [1.29, 1.82) is 0 Å². The van der Waals surface area contributed by atoms with E-state index >= 15 is 0 Å². The highest BCUT2D eigenvalue weighted by molar-refractivity contribution is 7.99. The SMILES string of the molecule is O=C(CSc1nnc(N2CCOCC2)n1-c1ccccc1)N1c2ccccc2CCc2ccccc21. The molecule has 1 amide bonds. The van der Waals surface area contributed by atoms with Crippen molar-refractivity contribution in [1.82, 2.24) is 14.8 Å². The van der Waals surface area contributed by atoms with Gasteiger partial charge in [-0.1, -0.05) is 66.4 Å². The van der Waals surface area contributed by atoms with Crippen molar-refractivity contribution >= 4 is 35.0 Å². The number of thioether (sulfide) groups is 1. The minimum atomic E-state index is 0.0253. The van der Waals surface area contributed by atoms with Crippen LogP contribution in [0.15, 0.2) is 84.0 Å². The van der Waals surface area contributed by atoms with Crippen LogP contribution in [0.25, 0.3) is 5.69 Å². The molecule has 4 aromatic rings. The Hall–Kier alpha value is -3.62. The van der Waals surface area contributed by atoms with Crippen LogP contribution in [0.1, 0.15) is 11.1 Å². The summed E-state index contributed by atoms with van der Waals surface area (Å²) in [4.78, 5) is 17.9. The first-order valence-electron chi connectivity index (χ1n) is 12.2. The summed E-state index contributed by atoms with van der Waals surface area (Å²) in [5.41, 5.74) is 5.28. The van der Waals surface area contributed by atoms with Gasteiger partial charge in [-0.3, -0.25) is 14.3 Å². The van der Waals surface area contributed by atoms with E-state index in [1.807, 2.05) is 76.2 Å². The number of hydrogen-bond acceptors (Lipinski definition) is 6. The number of ether oxygens (including phenoxy) is 1. The molecule has 8 heteroatoms. The third-order valence-corrected chi connectivity index (χ3v) is 7.54. The third kappa shape index (κ3) is 4.38. The maximum Gasteiger partial charge on any atom is 0.242 e. The molecule has 3 aromatic carbocycles. The number of aromatic nitrogens is 3. The Morgan fingerprint density at radius 2 is 1.42 bits per heavy atom. The molecule has 2 aliphatic rings. The van der Waals surface area contributed by atoms with Crippen LogP contribution in [-0.4, -0.2) is 52.7 Å². The first kappa shape index (κ1) is 22.8. The fraction of sp³-hybridized carbons (Fsp3) is 0.250. The highest BCUT2D eigenvalue weighted by Gasteiger charge is 2.27. The van der Waals surface area contributed by atoms with E-state index in [1.54, 1.807) is 0 Å². The number of hydrogen-bond donors (Lipinski definition) is 0. The van der Waals surface area contributed by atoms with Gasteiger partial charge in [-0.25, -0.2) is 0 Å². The lowest BCUT2D eigenvalue weighted by atomic mass is 10.0. The lowest BCUT2D eigenvalue weighted by Gasteiger charge is -2.28. The molecule has 1 saturated heterocycles. The second-order valence-corrected chi connectivity index (χ2v) is 9.77. The minimum absolute atomic E-state index is 0.0253. The van der Waals surface area contributed by atoms with Gasteiger partial charge in [0.05, 0.1) is 36.0 Å². The summed E-state index contributed by atoms with van der Waals surface area (Å²) < 4.78 is 7.58. The van der Waals surface area contributed by atoms with Crippen LogP contribution >= 0.6 is 11.8 Å². The number of carbonyl (C=O) groups is 1. The molecule has 1 fully saturated rings. The van der Waals surface area contributed by atoms with E-state index in [9.17, 15) is 4.79 Å². The smallest absolute Gasteiger partial charge is 0.242 e. The van der Waals surface area contributed by atoms with E-state index in [1.165, 1.54) is 22.9 Å². The van der Waals surface area contributed by atoms with Crippen LogP contribution < -0.4 is 9.80 Å². The zero-order valence-electron chi connectivity index (χ0n) is 19.9. The zero-order chi connectivity index (χ0) is 24.3. The predicted molar refractivity (Wildman–Crippen MR) is 143 cm³/mol. The Balaban J connectivity index is 1.32. The zero-order valence-corrected chi connectivity index (χ0v) is 20.7. The number of para-hydroxylation sites is 3. The monoisotopic (exact) mass is 497 g/mol. The molecule has 0 spiro atoms. The van der Waals surface area contributed by atoms with Gasteiger partial charge in [0.25, 0.3) is 0 Å². The normalized spacial score (nSPS) is 15.2. The molecule has 0 atom stereocenters. The Bertz CT molecular complexity index is 1320. The summed E-state index contributed by atoms with van der Waals surface area (Å²) in [7, 11) is 0. The van der Waals surface area contributed by atoms with Gasteiger partial charge in [0, 0.05) is 13.1 Å². The van der Waals surface area contributed by atoms with Crippen molar-refractivity contribution in [2.75, 3.05) is 41.9 Å². The number of amides is 1. The lowest BCUT2D eigenvalue weighted by Crippen LogP contribution is -2.37. The van der Waals surface area contributed by atoms with Crippen molar-refractivity contribution in [3.05, 3.63) is 90.0 Å². The molecule has 2 aliphatic heterocycles. The first-order chi connectivity index (χ1) is 17.8. The van der Waals surface area contributed by atoms with Gasteiger partial charge in [0.2, 0.25) is 11.9 Å². The summed E-state index contributed by atoms with van der Waals surface area (Å²) in [6.07, 6.45) is 1.82. The summed E-state index contributed by atoms with van der Waals surface area (Å²) in [5.74, 6) is 1.05. The Morgan fingerprint density at radius 3 is 2.08 bits per heavy atom. The van der Waals surface area contributed by atoms with E-state index in [4.69, 9.17) is 4.74 Å². The third-order valence-electron chi connectivity index (χ3n) is 6.63. The number of benzene rings is 3. The molecular weight excluding hydrogens is 470 g/mol. The summed E-state index contributed by atoms with van der Waals surface area (Å²) in [5, 5.41) is 9.75. The number of rotatable bonds is 5. The van der Waals surface area contributed by atoms with Gasteiger partial charge in [0.1, 0.15) is 0 Å². The van der Waals surface area contributed by atoms with Gasteiger partial charge in [-0.05, 0) is 48.2 Å². The van der Waals surface area contributed by atoms with Crippen molar-refractivity contribution in [3.63, 3.8) is 0 Å². The van der Waals surface area contributed by atoms with Crippen molar-refractivity contribution in [2.45, 2.75) is 18.0 Å². The maximum absolute atomic E-state index is 13.8. The molecule has 0 aliphatic carbocycles. The van der Waals surface area contributed by atoms with E-state index in [0.717, 1.165) is 48.9 Å². The van der Waals surface area contributed by atoms with Crippen LogP contribution in [0.3, 0.4) is 0 Å². The van der Waals surface area contributed by atoms with Gasteiger partial charge in [-0.2, -0.15) is 0 Å². The van der Waals surface area contributed by atoms with Gasteiger partial charge < -0.3 is 9.64 Å². The molecule has 0 radical (unpaired) electrons. The van der Waals surface area contributed by atoms with Gasteiger partial charge in [0.15, 0.2) is 5.16 Å². The summed E-state index contributed by atoms with van der Waals surface area (Å²) in [6.45, 7) is 2.85. The fourth-order valence-electron chi connectivity index (χ4n) is 4.87. The number of aryl methyl sites for hydroxylation is 2. The fourth-order valence-corrected chi connectivity index (χ4v) is 5.66. The number of morpholine rings is 1. The Labute approximate surface area is 214 Å². The molecule has 3 heterocycles. The van der Waals surface area contributed by atoms with Crippen LogP contribution in [0.2, 0.25) is 0 Å². The van der Waals surface area contributed by atoms with Crippen LogP contribution in [-0.2, 0) is 22.4 Å². The standard InChI is InChI=1S/C28H27N5O2S/c34-26(33-24-12-6-4-8-21(24)14-15-22-9-5-7-13-25(22)33)20-36-28-30-29-27(31-16-18-35-19-17-31)32(28)23-10-2-1-3-11-23/h1-13H,14-20H2.